The highest BCUT2D eigenvalue weighted by Gasteiger charge is 2.04. The Hall–Kier alpha value is -3.54. The molecule has 0 radical (unpaired) electrons. The molecule has 0 fully saturated rings. The van der Waals surface area contributed by atoms with Crippen LogP contribution in [-0.4, -0.2) is 29.1 Å². The van der Waals surface area contributed by atoms with Crippen LogP contribution in [0.4, 0.5) is 11.5 Å². The average Bonchev–Trinajstić information content (AvgIpc) is 2.66. The van der Waals surface area contributed by atoms with Gasteiger partial charge in [-0.25, -0.2) is 9.97 Å². The van der Waals surface area contributed by atoms with Crippen molar-refractivity contribution in [1.29, 1.82) is 0 Å². The van der Waals surface area contributed by atoms with Gasteiger partial charge in [0.25, 0.3) is 5.91 Å². The first-order chi connectivity index (χ1) is 13.0. The molecular formula is C21H23N5O. The Morgan fingerprint density at radius 3 is 2.44 bits per heavy atom. The van der Waals surface area contributed by atoms with Gasteiger partial charge in [-0.2, -0.15) is 0 Å². The molecule has 3 aromatic rings. The average molecular weight is 361 g/mol. The molecule has 0 saturated heterocycles. The smallest absolute Gasteiger partial charge is 0.255 e. The van der Waals surface area contributed by atoms with Crippen molar-refractivity contribution >= 4 is 23.6 Å². The minimum absolute atomic E-state index is 0.0776. The number of anilines is 2. The fraction of sp³-hybridized carbons (Fsp3) is 0.143. The van der Waals surface area contributed by atoms with Crippen molar-refractivity contribution in [3.05, 3.63) is 83.3 Å². The van der Waals surface area contributed by atoms with E-state index in [2.05, 4.69) is 20.3 Å². The zero-order valence-electron chi connectivity index (χ0n) is 15.7. The molecule has 0 aliphatic rings. The maximum absolute atomic E-state index is 11.8. The number of nitrogens with zero attached hydrogens (tertiary/aromatic N) is 3. The van der Waals surface area contributed by atoms with E-state index in [-0.39, 0.29) is 5.91 Å². The Kier molecular flexibility index (Phi) is 7.19. The minimum atomic E-state index is -0.0776. The van der Waals surface area contributed by atoms with Crippen LogP contribution in [0.5, 0.6) is 0 Å². The van der Waals surface area contributed by atoms with Crippen LogP contribution in [0.25, 0.3) is 0 Å². The number of benzene rings is 2. The van der Waals surface area contributed by atoms with Gasteiger partial charge in [0.2, 0.25) is 0 Å². The number of aliphatic imine (C=N–C) groups is 1. The molecule has 0 spiro atoms. The number of aryl methyl sites for hydroxylation is 2. The van der Waals surface area contributed by atoms with Gasteiger partial charge < -0.3 is 11.1 Å². The van der Waals surface area contributed by atoms with Gasteiger partial charge in [0.05, 0.1) is 11.3 Å². The first-order valence-corrected chi connectivity index (χ1v) is 8.43. The van der Waals surface area contributed by atoms with Crippen LogP contribution in [0.1, 0.15) is 27.2 Å². The van der Waals surface area contributed by atoms with Gasteiger partial charge in [0.1, 0.15) is 12.1 Å². The summed E-state index contributed by atoms with van der Waals surface area (Å²) in [5.74, 6) is 0.398. The summed E-state index contributed by atoms with van der Waals surface area (Å²) < 4.78 is 0. The second kappa shape index (κ2) is 9.82. The predicted octanol–water partition coefficient (Wildman–Crippen LogP) is 3.66. The van der Waals surface area contributed by atoms with E-state index in [1.807, 2.05) is 56.3 Å². The third kappa shape index (κ3) is 6.04. The summed E-state index contributed by atoms with van der Waals surface area (Å²) in [5.41, 5.74) is 9.84. The zero-order chi connectivity index (χ0) is 19.6. The van der Waals surface area contributed by atoms with E-state index in [9.17, 15) is 4.79 Å². The lowest BCUT2D eigenvalue weighted by Gasteiger charge is -2.05. The second-order valence-electron chi connectivity index (χ2n) is 5.83. The van der Waals surface area contributed by atoms with E-state index >= 15 is 0 Å². The maximum atomic E-state index is 11.8. The van der Waals surface area contributed by atoms with E-state index < -0.39 is 0 Å². The summed E-state index contributed by atoms with van der Waals surface area (Å²) in [6.45, 7) is 3.87. The number of nitrogen functional groups attached to an aromatic ring is 1. The molecule has 0 aliphatic heterocycles. The Balaban J connectivity index is 0.000000208. The number of hydrogen-bond acceptors (Lipinski definition) is 5. The Labute approximate surface area is 159 Å². The largest absolute Gasteiger partial charge is 0.383 e. The van der Waals surface area contributed by atoms with E-state index in [0.717, 1.165) is 22.5 Å². The van der Waals surface area contributed by atoms with Crippen molar-refractivity contribution in [2.45, 2.75) is 13.8 Å². The molecule has 3 N–H and O–H groups in total. The molecule has 138 valence electrons. The monoisotopic (exact) mass is 361 g/mol. The molecule has 1 amide bonds. The summed E-state index contributed by atoms with van der Waals surface area (Å²) >= 11 is 0. The fourth-order valence-electron chi connectivity index (χ4n) is 2.31. The van der Waals surface area contributed by atoms with Gasteiger partial charge in [-0.15, -0.1) is 0 Å². The van der Waals surface area contributed by atoms with Crippen molar-refractivity contribution in [3.8, 4) is 0 Å². The predicted molar refractivity (Wildman–Crippen MR) is 110 cm³/mol. The Morgan fingerprint density at radius 1 is 1.07 bits per heavy atom. The number of amides is 1. The topological polar surface area (TPSA) is 93.3 Å². The van der Waals surface area contributed by atoms with Gasteiger partial charge in [-0.1, -0.05) is 30.3 Å². The lowest BCUT2D eigenvalue weighted by atomic mass is 10.2. The van der Waals surface area contributed by atoms with Crippen LogP contribution >= 0.6 is 0 Å². The molecule has 6 heteroatoms. The van der Waals surface area contributed by atoms with Crippen LogP contribution in [0, 0.1) is 13.8 Å². The van der Waals surface area contributed by atoms with Gasteiger partial charge >= 0.3 is 0 Å². The summed E-state index contributed by atoms with van der Waals surface area (Å²) in [7, 11) is 1.69. The molecule has 3 rings (SSSR count). The molecule has 6 nitrogen and oxygen atoms in total. The van der Waals surface area contributed by atoms with Crippen LogP contribution in [-0.2, 0) is 0 Å². The van der Waals surface area contributed by atoms with Crippen molar-refractivity contribution in [3.63, 3.8) is 0 Å². The van der Waals surface area contributed by atoms with E-state index in [0.29, 0.717) is 11.4 Å². The molecule has 2 aromatic carbocycles. The highest BCUT2D eigenvalue weighted by atomic mass is 16.1. The molecule has 0 saturated carbocycles. The lowest BCUT2D eigenvalue weighted by molar-refractivity contribution is 0.102. The maximum Gasteiger partial charge on any atom is 0.255 e. The van der Waals surface area contributed by atoms with Crippen LogP contribution in [0.15, 0.2) is 65.9 Å². The SMILES string of the molecule is CN=Cc1c(C)ncnc1N.Cc1cccc(NC(=O)c2ccccc2)c1. The van der Waals surface area contributed by atoms with Crippen LogP contribution < -0.4 is 11.1 Å². The molecule has 1 heterocycles. The zero-order valence-corrected chi connectivity index (χ0v) is 15.7. The molecular weight excluding hydrogens is 338 g/mol. The number of carbonyl (C=O) groups is 1. The van der Waals surface area contributed by atoms with E-state index in [1.54, 1.807) is 25.4 Å². The van der Waals surface area contributed by atoms with Crippen molar-refractivity contribution < 1.29 is 4.79 Å². The standard InChI is InChI=1S/C14H13NO.C7H10N4/c1-11-6-5-9-13(10-11)15-14(16)12-7-3-2-4-8-12;1-5-6(3-9-2)7(8)11-4-10-5/h2-10H,1H3,(H,15,16);3-4H,1-2H3,(H2,8,10,11). The Bertz CT molecular complexity index is 903. The number of carbonyl (C=O) groups excluding carboxylic acids is 1. The third-order valence-electron chi connectivity index (χ3n) is 3.68. The van der Waals surface area contributed by atoms with Crippen molar-refractivity contribution in [2.75, 3.05) is 18.1 Å². The van der Waals surface area contributed by atoms with E-state index in [4.69, 9.17) is 5.73 Å². The molecule has 1 aromatic heterocycles. The number of nitrogens with one attached hydrogen (secondary N) is 1. The molecule has 0 bridgehead atoms. The highest BCUT2D eigenvalue weighted by Crippen LogP contribution is 2.11. The summed E-state index contributed by atoms with van der Waals surface area (Å²) in [6, 6.07) is 16.9. The lowest BCUT2D eigenvalue weighted by Crippen LogP contribution is -2.11. The third-order valence-corrected chi connectivity index (χ3v) is 3.68. The summed E-state index contributed by atoms with van der Waals surface area (Å²) in [4.78, 5) is 23.5. The van der Waals surface area contributed by atoms with Crippen LogP contribution in [0.3, 0.4) is 0 Å². The van der Waals surface area contributed by atoms with Crippen molar-refractivity contribution in [1.82, 2.24) is 9.97 Å². The number of rotatable bonds is 3. The quantitative estimate of drug-likeness (QED) is 0.696. The first kappa shape index (κ1) is 19.8. The normalized spacial score (nSPS) is 10.2. The molecule has 0 aliphatic carbocycles. The van der Waals surface area contributed by atoms with Gasteiger partial charge in [-0.05, 0) is 43.7 Å². The number of nitrogens with two attached hydrogens (primary N) is 1. The number of hydrogen-bond donors (Lipinski definition) is 2. The second-order valence-corrected chi connectivity index (χ2v) is 5.83. The molecule has 0 unspecified atom stereocenters. The van der Waals surface area contributed by atoms with Crippen LogP contribution in [0.2, 0.25) is 0 Å². The minimum Gasteiger partial charge on any atom is -0.383 e. The van der Waals surface area contributed by atoms with Gasteiger partial charge in [0, 0.05) is 24.5 Å². The van der Waals surface area contributed by atoms with Crippen molar-refractivity contribution in [2.24, 2.45) is 4.99 Å². The van der Waals surface area contributed by atoms with E-state index in [1.165, 1.54) is 6.33 Å². The summed E-state index contributed by atoms with van der Waals surface area (Å²) in [5, 5.41) is 2.86. The number of aromatic nitrogens is 2. The molecule has 0 atom stereocenters. The van der Waals surface area contributed by atoms with Gasteiger partial charge in [0.15, 0.2) is 0 Å². The Morgan fingerprint density at radius 2 is 1.81 bits per heavy atom. The van der Waals surface area contributed by atoms with Gasteiger partial charge in [-0.3, -0.25) is 9.79 Å². The molecule has 27 heavy (non-hydrogen) atoms. The first-order valence-electron chi connectivity index (χ1n) is 8.43. The summed E-state index contributed by atoms with van der Waals surface area (Å²) in [6.07, 6.45) is 3.10. The fourth-order valence-corrected chi connectivity index (χ4v) is 2.31. The highest BCUT2D eigenvalue weighted by molar-refractivity contribution is 6.04.